The molecular weight excluding hydrogens is 314 g/mol. The Morgan fingerprint density at radius 1 is 1.13 bits per heavy atom. The van der Waals surface area contributed by atoms with Gasteiger partial charge in [-0.2, -0.15) is 0 Å². The summed E-state index contributed by atoms with van der Waals surface area (Å²) in [5.74, 6) is -2.00. The van der Waals surface area contributed by atoms with E-state index in [9.17, 15) is 18.3 Å². The highest BCUT2D eigenvalue weighted by molar-refractivity contribution is 7.89. The van der Waals surface area contributed by atoms with Gasteiger partial charge in [-0.3, -0.25) is 4.79 Å². The van der Waals surface area contributed by atoms with Crippen molar-refractivity contribution in [2.45, 2.75) is 24.2 Å². The lowest BCUT2D eigenvalue weighted by Crippen LogP contribution is -2.31. The number of aliphatic carboxylic acids is 1. The molecule has 0 aliphatic rings. The third kappa shape index (κ3) is 4.40. The number of carboxylic acid groups (broad SMARTS) is 1. The monoisotopic (exact) mass is 333 g/mol. The van der Waals surface area contributed by atoms with Gasteiger partial charge in [0, 0.05) is 6.54 Å². The van der Waals surface area contributed by atoms with Crippen molar-refractivity contribution >= 4 is 16.0 Å². The highest BCUT2D eigenvalue weighted by Gasteiger charge is 2.23. The highest BCUT2D eigenvalue weighted by atomic mass is 32.2. The SMILES string of the molecule is CCc1cccc(S(=O)(=O)NCC(C(=O)O)c2ccccc2)c1. The minimum atomic E-state index is -3.74. The average Bonchev–Trinajstić information content (AvgIpc) is 2.55. The number of hydrogen-bond donors (Lipinski definition) is 2. The van der Waals surface area contributed by atoms with Crippen molar-refractivity contribution in [1.29, 1.82) is 0 Å². The molecule has 2 aromatic carbocycles. The summed E-state index contributed by atoms with van der Waals surface area (Å²) in [6.07, 6.45) is 0.727. The number of carbonyl (C=O) groups is 1. The van der Waals surface area contributed by atoms with Crippen LogP contribution in [0.5, 0.6) is 0 Å². The minimum Gasteiger partial charge on any atom is -0.481 e. The van der Waals surface area contributed by atoms with Gasteiger partial charge in [0.25, 0.3) is 0 Å². The van der Waals surface area contributed by atoms with Gasteiger partial charge in [-0.25, -0.2) is 13.1 Å². The van der Waals surface area contributed by atoms with Crippen molar-refractivity contribution in [3.8, 4) is 0 Å². The lowest BCUT2D eigenvalue weighted by atomic mass is 10.00. The lowest BCUT2D eigenvalue weighted by molar-refractivity contribution is -0.138. The van der Waals surface area contributed by atoms with Gasteiger partial charge in [-0.05, 0) is 29.7 Å². The second kappa shape index (κ2) is 7.39. The largest absolute Gasteiger partial charge is 0.481 e. The number of benzene rings is 2. The van der Waals surface area contributed by atoms with Crippen molar-refractivity contribution in [3.63, 3.8) is 0 Å². The number of rotatable bonds is 7. The summed E-state index contributed by atoms with van der Waals surface area (Å²) in [6.45, 7) is 1.74. The molecule has 0 bridgehead atoms. The maximum Gasteiger partial charge on any atom is 0.312 e. The molecule has 0 aliphatic heterocycles. The number of carboxylic acids is 1. The van der Waals surface area contributed by atoms with Crippen LogP contribution in [0.3, 0.4) is 0 Å². The highest BCUT2D eigenvalue weighted by Crippen LogP contribution is 2.17. The number of aryl methyl sites for hydroxylation is 1. The quantitative estimate of drug-likeness (QED) is 0.815. The van der Waals surface area contributed by atoms with Gasteiger partial charge in [-0.15, -0.1) is 0 Å². The van der Waals surface area contributed by atoms with E-state index in [1.807, 2.05) is 13.0 Å². The van der Waals surface area contributed by atoms with Gasteiger partial charge in [-0.1, -0.05) is 49.4 Å². The molecule has 0 amide bonds. The van der Waals surface area contributed by atoms with Crippen molar-refractivity contribution < 1.29 is 18.3 Å². The van der Waals surface area contributed by atoms with Crippen LogP contribution in [0, 0.1) is 0 Å². The van der Waals surface area contributed by atoms with Crippen LogP contribution in [0.4, 0.5) is 0 Å². The summed E-state index contributed by atoms with van der Waals surface area (Å²) in [7, 11) is -3.74. The minimum absolute atomic E-state index is 0.147. The van der Waals surface area contributed by atoms with E-state index in [4.69, 9.17) is 0 Å². The van der Waals surface area contributed by atoms with Crippen LogP contribution < -0.4 is 4.72 Å². The molecule has 1 unspecified atom stereocenters. The van der Waals surface area contributed by atoms with Crippen LogP contribution in [-0.2, 0) is 21.2 Å². The van der Waals surface area contributed by atoms with Crippen LogP contribution in [0.25, 0.3) is 0 Å². The Kier molecular flexibility index (Phi) is 5.52. The van der Waals surface area contributed by atoms with Crippen LogP contribution >= 0.6 is 0 Å². The molecule has 0 spiro atoms. The molecule has 0 aromatic heterocycles. The van der Waals surface area contributed by atoms with E-state index in [2.05, 4.69) is 4.72 Å². The van der Waals surface area contributed by atoms with Gasteiger partial charge in [0.1, 0.15) is 0 Å². The zero-order valence-electron chi connectivity index (χ0n) is 12.8. The molecule has 5 nitrogen and oxygen atoms in total. The summed E-state index contributed by atoms with van der Waals surface area (Å²) in [5, 5.41) is 9.34. The normalized spacial score (nSPS) is 12.7. The van der Waals surface area contributed by atoms with Crippen molar-refractivity contribution in [3.05, 3.63) is 65.7 Å². The van der Waals surface area contributed by atoms with Crippen molar-refractivity contribution in [1.82, 2.24) is 4.72 Å². The van der Waals surface area contributed by atoms with E-state index >= 15 is 0 Å². The number of sulfonamides is 1. The molecule has 23 heavy (non-hydrogen) atoms. The van der Waals surface area contributed by atoms with Crippen LogP contribution in [0.2, 0.25) is 0 Å². The van der Waals surface area contributed by atoms with Gasteiger partial charge in [0.05, 0.1) is 10.8 Å². The van der Waals surface area contributed by atoms with Crippen LogP contribution in [0.15, 0.2) is 59.5 Å². The smallest absolute Gasteiger partial charge is 0.312 e. The fourth-order valence-corrected chi connectivity index (χ4v) is 3.36. The summed E-state index contributed by atoms with van der Waals surface area (Å²) < 4.78 is 27.1. The molecular formula is C17H19NO4S. The maximum absolute atomic E-state index is 12.4. The third-order valence-electron chi connectivity index (χ3n) is 3.59. The van der Waals surface area contributed by atoms with Gasteiger partial charge >= 0.3 is 5.97 Å². The van der Waals surface area contributed by atoms with E-state index in [-0.39, 0.29) is 11.4 Å². The molecule has 2 aromatic rings. The second-order valence-electron chi connectivity index (χ2n) is 5.15. The Hall–Kier alpha value is -2.18. The Morgan fingerprint density at radius 2 is 1.83 bits per heavy atom. The Bertz CT molecular complexity index is 772. The van der Waals surface area contributed by atoms with Gasteiger partial charge in [0.15, 0.2) is 0 Å². The molecule has 1 atom stereocenters. The van der Waals surface area contributed by atoms with E-state index < -0.39 is 21.9 Å². The molecule has 0 saturated carbocycles. The van der Waals surface area contributed by atoms with E-state index in [1.54, 1.807) is 42.5 Å². The summed E-state index contributed by atoms with van der Waals surface area (Å²) in [6, 6.07) is 15.2. The van der Waals surface area contributed by atoms with E-state index in [0.29, 0.717) is 5.56 Å². The third-order valence-corrected chi connectivity index (χ3v) is 5.02. The topological polar surface area (TPSA) is 83.5 Å². The molecule has 2 N–H and O–H groups in total. The molecule has 0 fully saturated rings. The van der Waals surface area contributed by atoms with Crippen molar-refractivity contribution in [2.75, 3.05) is 6.54 Å². The summed E-state index contributed by atoms with van der Waals surface area (Å²) in [4.78, 5) is 11.6. The molecule has 0 saturated heterocycles. The Labute approximate surface area is 136 Å². The second-order valence-corrected chi connectivity index (χ2v) is 6.92. The molecule has 6 heteroatoms. The van der Waals surface area contributed by atoms with E-state index in [1.165, 1.54) is 6.07 Å². The Balaban J connectivity index is 2.18. The molecule has 122 valence electrons. The first-order chi connectivity index (χ1) is 10.9. The molecule has 0 aliphatic carbocycles. The standard InChI is InChI=1S/C17H19NO4S/c1-2-13-7-6-10-15(11-13)23(21,22)18-12-16(17(19)20)14-8-4-3-5-9-14/h3-11,16,18H,2,12H2,1H3,(H,19,20). The first-order valence-corrected chi connectivity index (χ1v) is 8.78. The fourth-order valence-electron chi connectivity index (χ4n) is 2.24. The first-order valence-electron chi connectivity index (χ1n) is 7.30. The predicted octanol–water partition coefficient (Wildman–Crippen LogP) is 2.40. The number of hydrogen-bond acceptors (Lipinski definition) is 3. The first kappa shape index (κ1) is 17.2. The summed E-state index contributed by atoms with van der Waals surface area (Å²) >= 11 is 0. The molecule has 2 rings (SSSR count). The number of nitrogens with one attached hydrogen (secondary N) is 1. The van der Waals surface area contributed by atoms with Crippen LogP contribution in [0.1, 0.15) is 24.0 Å². The predicted molar refractivity (Wildman–Crippen MR) is 87.8 cm³/mol. The Morgan fingerprint density at radius 3 is 2.43 bits per heavy atom. The maximum atomic E-state index is 12.4. The lowest BCUT2D eigenvalue weighted by Gasteiger charge is -2.14. The summed E-state index contributed by atoms with van der Waals surface area (Å²) in [5.41, 5.74) is 1.47. The molecule has 0 heterocycles. The molecule has 0 radical (unpaired) electrons. The zero-order valence-corrected chi connectivity index (χ0v) is 13.6. The average molecular weight is 333 g/mol. The van der Waals surface area contributed by atoms with Crippen LogP contribution in [-0.4, -0.2) is 26.0 Å². The van der Waals surface area contributed by atoms with Gasteiger partial charge < -0.3 is 5.11 Å². The van der Waals surface area contributed by atoms with Gasteiger partial charge in [0.2, 0.25) is 10.0 Å². The zero-order chi connectivity index (χ0) is 16.9. The fraction of sp³-hybridized carbons (Fsp3) is 0.235. The van der Waals surface area contributed by atoms with Crippen molar-refractivity contribution in [2.24, 2.45) is 0 Å². The van der Waals surface area contributed by atoms with E-state index in [0.717, 1.165) is 12.0 Å².